The first-order valence-electron chi connectivity index (χ1n) is 10.6. The first kappa shape index (κ1) is 24.5. The second-order valence-corrected chi connectivity index (χ2v) is 7.37. The third-order valence-electron chi connectivity index (χ3n) is 4.54. The monoisotopic (exact) mass is 475 g/mol. The predicted octanol–water partition coefficient (Wildman–Crippen LogP) is 4.19. The molecule has 0 saturated carbocycles. The van der Waals surface area contributed by atoms with Crippen molar-refractivity contribution in [3.8, 4) is 11.5 Å². The Morgan fingerprint density at radius 2 is 1.47 bits per heavy atom. The van der Waals surface area contributed by atoms with E-state index in [1.165, 1.54) is 0 Å². The fourth-order valence-corrected chi connectivity index (χ4v) is 3.18. The minimum atomic E-state index is -0.439. The summed E-state index contributed by atoms with van der Waals surface area (Å²) in [5, 5.41) is 8.31. The predicted molar refractivity (Wildman–Crippen MR) is 137 cm³/mol. The highest BCUT2D eigenvalue weighted by Crippen LogP contribution is 2.19. The zero-order chi connectivity index (χ0) is 24.2. The molecule has 3 aromatic rings. The van der Waals surface area contributed by atoms with Crippen LogP contribution in [0.15, 0.2) is 91.5 Å². The van der Waals surface area contributed by atoms with Crippen molar-refractivity contribution in [1.82, 2.24) is 10.6 Å². The second kappa shape index (κ2) is 12.8. The van der Waals surface area contributed by atoms with E-state index in [2.05, 4.69) is 22.5 Å². The SMILES string of the molecule is C=CCNC(=O)c1ccccc1NC(=S)NC(=O)c1ccccc1OCCOc1ccccc1. The smallest absolute Gasteiger partial charge is 0.261 e. The summed E-state index contributed by atoms with van der Waals surface area (Å²) in [5.41, 5.74) is 1.18. The summed E-state index contributed by atoms with van der Waals surface area (Å²) >= 11 is 5.30. The van der Waals surface area contributed by atoms with Gasteiger partial charge in [-0.15, -0.1) is 6.58 Å². The van der Waals surface area contributed by atoms with Crippen LogP contribution in [0.25, 0.3) is 0 Å². The number of amides is 2. The Bertz CT molecular complexity index is 1150. The van der Waals surface area contributed by atoms with Gasteiger partial charge in [-0.25, -0.2) is 0 Å². The number of hydrogen-bond donors (Lipinski definition) is 3. The highest BCUT2D eigenvalue weighted by Gasteiger charge is 2.16. The Balaban J connectivity index is 1.58. The van der Waals surface area contributed by atoms with Gasteiger partial charge in [-0.05, 0) is 48.6 Å². The molecule has 3 N–H and O–H groups in total. The molecule has 0 aliphatic carbocycles. The van der Waals surface area contributed by atoms with Crippen molar-refractivity contribution in [3.63, 3.8) is 0 Å². The van der Waals surface area contributed by atoms with E-state index < -0.39 is 5.91 Å². The van der Waals surface area contributed by atoms with E-state index in [0.717, 1.165) is 5.75 Å². The molecule has 0 bridgehead atoms. The van der Waals surface area contributed by atoms with Crippen LogP contribution in [0.5, 0.6) is 11.5 Å². The number of anilines is 1. The molecule has 3 aromatic carbocycles. The minimum Gasteiger partial charge on any atom is -0.490 e. The molecule has 0 atom stereocenters. The molecule has 0 fully saturated rings. The maximum atomic E-state index is 12.8. The summed E-state index contributed by atoms with van der Waals surface area (Å²) in [6.07, 6.45) is 1.59. The lowest BCUT2D eigenvalue weighted by atomic mass is 10.1. The fourth-order valence-electron chi connectivity index (χ4n) is 2.98. The molecule has 2 amide bonds. The molecule has 0 saturated heterocycles. The van der Waals surface area contributed by atoms with Gasteiger partial charge in [0.05, 0.1) is 16.8 Å². The minimum absolute atomic E-state index is 0.0520. The highest BCUT2D eigenvalue weighted by molar-refractivity contribution is 7.80. The van der Waals surface area contributed by atoms with Crippen LogP contribution in [0, 0.1) is 0 Å². The van der Waals surface area contributed by atoms with E-state index in [9.17, 15) is 9.59 Å². The van der Waals surface area contributed by atoms with E-state index in [-0.39, 0.29) is 17.6 Å². The summed E-state index contributed by atoms with van der Waals surface area (Å²) in [5.74, 6) is 0.426. The van der Waals surface area contributed by atoms with Crippen molar-refractivity contribution < 1.29 is 19.1 Å². The number of rotatable bonds is 10. The Morgan fingerprint density at radius 3 is 2.24 bits per heavy atom. The van der Waals surface area contributed by atoms with Crippen molar-refractivity contribution in [3.05, 3.63) is 103 Å². The molecule has 0 heterocycles. The molecular weight excluding hydrogens is 450 g/mol. The Morgan fingerprint density at radius 1 is 0.824 bits per heavy atom. The second-order valence-electron chi connectivity index (χ2n) is 6.96. The lowest BCUT2D eigenvalue weighted by molar-refractivity contribution is 0.0955. The van der Waals surface area contributed by atoms with Crippen LogP contribution in [0.3, 0.4) is 0 Å². The van der Waals surface area contributed by atoms with Gasteiger partial charge in [0.2, 0.25) is 0 Å². The first-order chi connectivity index (χ1) is 16.6. The zero-order valence-corrected chi connectivity index (χ0v) is 19.3. The third-order valence-corrected chi connectivity index (χ3v) is 4.74. The number of para-hydroxylation sites is 3. The molecule has 3 rings (SSSR count). The van der Waals surface area contributed by atoms with Crippen molar-refractivity contribution >= 4 is 34.8 Å². The van der Waals surface area contributed by atoms with Gasteiger partial charge in [0.25, 0.3) is 11.8 Å². The number of carbonyl (C=O) groups excluding carboxylic acids is 2. The number of thiocarbonyl (C=S) groups is 1. The Kier molecular flexibility index (Phi) is 9.19. The van der Waals surface area contributed by atoms with Crippen molar-refractivity contribution in [1.29, 1.82) is 0 Å². The van der Waals surface area contributed by atoms with Crippen LogP contribution >= 0.6 is 12.2 Å². The van der Waals surface area contributed by atoms with Gasteiger partial charge in [-0.3, -0.25) is 14.9 Å². The van der Waals surface area contributed by atoms with Gasteiger partial charge in [0.1, 0.15) is 24.7 Å². The lowest BCUT2D eigenvalue weighted by Crippen LogP contribution is -2.35. The highest BCUT2D eigenvalue weighted by atomic mass is 32.1. The summed E-state index contributed by atoms with van der Waals surface area (Å²) in [6.45, 7) is 4.51. The molecule has 34 heavy (non-hydrogen) atoms. The van der Waals surface area contributed by atoms with Crippen LogP contribution in [0.4, 0.5) is 5.69 Å². The average molecular weight is 476 g/mol. The van der Waals surface area contributed by atoms with Crippen LogP contribution < -0.4 is 25.4 Å². The van der Waals surface area contributed by atoms with Crippen LogP contribution in [-0.4, -0.2) is 36.7 Å². The summed E-state index contributed by atoms with van der Waals surface area (Å²) in [4.78, 5) is 25.2. The zero-order valence-electron chi connectivity index (χ0n) is 18.5. The molecule has 0 aliphatic heterocycles. The number of ether oxygens (including phenoxy) is 2. The van der Waals surface area contributed by atoms with Crippen molar-refractivity contribution in [2.24, 2.45) is 0 Å². The molecule has 0 radical (unpaired) electrons. The van der Waals surface area contributed by atoms with Crippen LogP contribution in [-0.2, 0) is 0 Å². The van der Waals surface area contributed by atoms with E-state index in [0.29, 0.717) is 35.7 Å². The molecular formula is C26H25N3O4S. The maximum Gasteiger partial charge on any atom is 0.261 e. The largest absolute Gasteiger partial charge is 0.490 e. The first-order valence-corrected chi connectivity index (χ1v) is 11.0. The maximum absolute atomic E-state index is 12.8. The average Bonchev–Trinajstić information content (AvgIpc) is 2.86. The van der Waals surface area contributed by atoms with Crippen LogP contribution in [0.1, 0.15) is 20.7 Å². The number of benzene rings is 3. The molecule has 8 heteroatoms. The molecule has 0 aliphatic rings. The molecule has 0 unspecified atom stereocenters. The molecule has 174 valence electrons. The van der Waals surface area contributed by atoms with Gasteiger partial charge in [-0.2, -0.15) is 0 Å². The normalized spacial score (nSPS) is 10.0. The molecule has 7 nitrogen and oxygen atoms in total. The van der Waals surface area contributed by atoms with Crippen molar-refractivity contribution in [2.75, 3.05) is 25.1 Å². The van der Waals surface area contributed by atoms with Gasteiger partial charge < -0.3 is 20.1 Å². The van der Waals surface area contributed by atoms with Crippen molar-refractivity contribution in [2.45, 2.75) is 0 Å². The lowest BCUT2D eigenvalue weighted by Gasteiger charge is -2.15. The van der Waals surface area contributed by atoms with Crippen LogP contribution in [0.2, 0.25) is 0 Å². The number of nitrogens with one attached hydrogen (secondary N) is 3. The summed E-state index contributed by atoms with van der Waals surface area (Å²) < 4.78 is 11.4. The summed E-state index contributed by atoms with van der Waals surface area (Å²) in [7, 11) is 0. The molecule has 0 aromatic heterocycles. The van der Waals surface area contributed by atoms with Gasteiger partial charge >= 0.3 is 0 Å². The summed E-state index contributed by atoms with van der Waals surface area (Å²) in [6, 6.07) is 23.1. The van der Waals surface area contributed by atoms with E-state index in [1.54, 1.807) is 54.6 Å². The Labute approximate surface area is 203 Å². The van der Waals surface area contributed by atoms with E-state index in [4.69, 9.17) is 21.7 Å². The third kappa shape index (κ3) is 7.18. The standard InChI is InChI=1S/C26H25N3O4S/c1-2-16-27-24(30)20-12-6-8-14-22(20)28-26(34)29-25(31)21-13-7-9-15-23(21)33-18-17-32-19-10-4-3-5-11-19/h2-15H,1,16-18H2,(H,27,30)(H2,28,29,31,34). The van der Waals surface area contributed by atoms with Gasteiger partial charge in [0, 0.05) is 6.54 Å². The van der Waals surface area contributed by atoms with E-state index in [1.807, 2.05) is 30.3 Å². The van der Waals surface area contributed by atoms with Gasteiger partial charge in [-0.1, -0.05) is 48.5 Å². The quantitative estimate of drug-likeness (QED) is 0.232. The number of carbonyl (C=O) groups is 2. The van der Waals surface area contributed by atoms with E-state index >= 15 is 0 Å². The topological polar surface area (TPSA) is 88.7 Å². The molecule has 0 spiro atoms. The fraction of sp³-hybridized carbons (Fsp3) is 0.115. The Hall–Kier alpha value is -4.17. The van der Waals surface area contributed by atoms with Gasteiger partial charge in [0.15, 0.2) is 5.11 Å². The number of hydrogen-bond acceptors (Lipinski definition) is 5.